The zero-order chi connectivity index (χ0) is 15.1. The van der Waals surface area contributed by atoms with Crippen LogP contribution in [0.5, 0.6) is 0 Å². The molecule has 1 atom stereocenters. The van der Waals surface area contributed by atoms with E-state index in [2.05, 4.69) is 10.6 Å². The van der Waals surface area contributed by atoms with Crippen LogP contribution in [0.25, 0.3) is 0 Å². The Morgan fingerprint density at radius 3 is 3.05 bits per heavy atom. The number of hydrogen-bond donors (Lipinski definition) is 2. The smallest absolute Gasteiger partial charge is 0.264 e. The molecule has 5 nitrogen and oxygen atoms in total. The molecule has 21 heavy (non-hydrogen) atoms. The van der Waals surface area contributed by atoms with Gasteiger partial charge in [0.25, 0.3) is 5.91 Å². The van der Waals surface area contributed by atoms with Crippen LogP contribution in [0, 0.1) is 5.92 Å². The Balaban J connectivity index is 1.65. The van der Waals surface area contributed by atoms with Gasteiger partial charge in [0.05, 0.1) is 11.4 Å². The molecule has 1 aromatic heterocycles. The third-order valence-corrected chi connectivity index (χ3v) is 4.59. The Morgan fingerprint density at radius 2 is 2.38 bits per heavy atom. The van der Waals surface area contributed by atoms with Gasteiger partial charge in [0.1, 0.15) is 0 Å². The van der Waals surface area contributed by atoms with Gasteiger partial charge < -0.3 is 15.5 Å². The Bertz CT molecular complexity index is 455. The summed E-state index contributed by atoms with van der Waals surface area (Å²) in [5.41, 5.74) is 0. The van der Waals surface area contributed by atoms with E-state index in [1.165, 1.54) is 29.1 Å². The standard InChI is InChI=1S/C15H23N3O2S/c1-18(15(20)13-5-3-9-21-13)11-14(19)17-8-6-12-4-2-7-16-10-12/h3,5,9,12,16H,2,4,6-8,10-11H2,1H3,(H,17,19). The predicted molar refractivity (Wildman–Crippen MR) is 84.5 cm³/mol. The lowest BCUT2D eigenvalue weighted by molar-refractivity contribution is -0.121. The Labute approximate surface area is 129 Å². The van der Waals surface area contributed by atoms with Gasteiger partial charge in [-0.3, -0.25) is 9.59 Å². The van der Waals surface area contributed by atoms with Crippen molar-refractivity contribution in [2.45, 2.75) is 19.3 Å². The van der Waals surface area contributed by atoms with Crippen LogP contribution in [0.15, 0.2) is 17.5 Å². The predicted octanol–water partition coefficient (Wildman–Crippen LogP) is 1.33. The SMILES string of the molecule is CN(CC(=O)NCCC1CCCNC1)C(=O)c1cccs1. The van der Waals surface area contributed by atoms with Crippen LogP contribution in [-0.2, 0) is 4.79 Å². The average molecular weight is 309 g/mol. The number of piperidine rings is 1. The van der Waals surface area contributed by atoms with Crippen molar-refractivity contribution in [2.24, 2.45) is 5.92 Å². The highest BCUT2D eigenvalue weighted by Crippen LogP contribution is 2.13. The first-order chi connectivity index (χ1) is 10.2. The van der Waals surface area contributed by atoms with Crippen LogP contribution in [-0.4, -0.2) is 49.9 Å². The number of rotatable bonds is 6. The summed E-state index contributed by atoms with van der Waals surface area (Å²) in [6.45, 7) is 2.96. The first-order valence-electron chi connectivity index (χ1n) is 7.43. The van der Waals surface area contributed by atoms with E-state index in [9.17, 15) is 9.59 Å². The van der Waals surface area contributed by atoms with Gasteiger partial charge in [0, 0.05) is 13.6 Å². The molecule has 0 saturated carbocycles. The van der Waals surface area contributed by atoms with Crippen LogP contribution in [0.2, 0.25) is 0 Å². The molecule has 2 rings (SSSR count). The van der Waals surface area contributed by atoms with E-state index in [-0.39, 0.29) is 18.4 Å². The lowest BCUT2D eigenvalue weighted by Crippen LogP contribution is -2.39. The van der Waals surface area contributed by atoms with Crippen molar-refractivity contribution >= 4 is 23.2 Å². The molecular weight excluding hydrogens is 286 g/mol. The van der Waals surface area contributed by atoms with Gasteiger partial charge in [0.2, 0.25) is 5.91 Å². The van der Waals surface area contributed by atoms with Crippen LogP contribution < -0.4 is 10.6 Å². The highest BCUT2D eigenvalue weighted by molar-refractivity contribution is 7.12. The molecule has 2 heterocycles. The van der Waals surface area contributed by atoms with Crippen LogP contribution in [0.1, 0.15) is 28.9 Å². The summed E-state index contributed by atoms with van der Waals surface area (Å²) >= 11 is 1.39. The second-order valence-corrected chi connectivity index (χ2v) is 6.44. The van der Waals surface area contributed by atoms with Gasteiger partial charge in [-0.05, 0) is 49.7 Å². The van der Waals surface area contributed by atoms with Crippen molar-refractivity contribution in [1.82, 2.24) is 15.5 Å². The van der Waals surface area contributed by atoms with Crippen molar-refractivity contribution in [3.8, 4) is 0 Å². The maximum Gasteiger partial charge on any atom is 0.264 e. The first kappa shape index (κ1) is 16.0. The monoisotopic (exact) mass is 309 g/mol. The Hall–Kier alpha value is -1.40. The number of carbonyl (C=O) groups is 2. The van der Waals surface area contributed by atoms with Crippen LogP contribution in [0.3, 0.4) is 0 Å². The zero-order valence-electron chi connectivity index (χ0n) is 12.4. The van der Waals surface area contributed by atoms with Crippen molar-refractivity contribution < 1.29 is 9.59 Å². The number of hydrogen-bond acceptors (Lipinski definition) is 4. The molecule has 116 valence electrons. The third kappa shape index (κ3) is 5.13. The molecular formula is C15H23N3O2S. The lowest BCUT2D eigenvalue weighted by atomic mass is 9.96. The molecule has 2 amide bonds. The van der Waals surface area contributed by atoms with E-state index >= 15 is 0 Å². The lowest BCUT2D eigenvalue weighted by Gasteiger charge is -2.23. The fourth-order valence-electron chi connectivity index (χ4n) is 2.52. The van der Waals surface area contributed by atoms with Crippen LogP contribution in [0.4, 0.5) is 0 Å². The number of likely N-dealkylation sites (N-methyl/N-ethyl adjacent to an activating group) is 1. The molecule has 1 fully saturated rings. The number of amides is 2. The van der Waals surface area contributed by atoms with Crippen LogP contribution >= 0.6 is 11.3 Å². The molecule has 0 spiro atoms. The van der Waals surface area contributed by atoms with Gasteiger partial charge in [-0.15, -0.1) is 11.3 Å². The summed E-state index contributed by atoms with van der Waals surface area (Å²) in [7, 11) is 1.66. The quantitative estimate of drug-likeness (QED) is 0.833. The van der Waals surface area contributed by atoms with E-state index in [0.29, 0.717) is 17.3 Å². The van der Waals surface area contributed by atoms with Gasteiger partial charge in [-0.25, -0.2) is 0 Å². The summed E-state index contributed by atoms with van der Waals surface area (Å²) in [6, 6.07) is 3.61. The highest BCUT2D eigenvalue weighted by atomic mass is 32.1. The summed E-state index contributed by atoms with van der Waals surface area (Å²) in [6.07, 6.45) is 3.46. The summed E-state index contributed by atoms with van der Waals surface area (Å²) < 4.78 is 0. The van der Waals surface area contributed by atoms with Crippen molar-refractivity contribution in [3.05, 3.63) is 22.4 Å². The topological polar surface area (TPSA) is 61.4 Å². The minimum atomic E-state index is -0.100. The fourth-order valence-corrected chi connectivity index (χ4v) is 3.24. The van der Waals surface area contributed by atoms with Gasteiger partial charge >= 0.3 is 0 Å². The van der Waals surface area contributed by atoms with E-state index in [4.69, 9.17) is 0 Å². The molecule has 0 radical (unpaired) electrons. The average Bonchev–Trinajstić information content (AvgIpc) is 3.01. The molecule has 1 aliphatic heterocycles. The summed E-state index contributed by atoms with van der Waals surface area (Å²) in [5, 5.41) is 8.14. The molecule has 0 aromatic carbocycles. The highest BCUT2D eigenvalue weighted by Gasteiger charge is 2.16. The van der Waals surface area contributed by atoms with Gasteiger partial charge in [-0.1, -0.05) is 6.07 Å². The fraction of sp³-hybridized carbons (Fsp3) is 0.600. The van der Waals surface area contributed by atoms with E-state index < -0.39 is 0 Å². The maximum absolute atomic E-state index is 12.0. The number of nitrogens with zero attached hydrogens (tertiary/aromatic N) is 1. The minimum absolute atomic E-state index is 0.0915. The van der Waals surface area contributed by atoms with Crippen molar-refractivity contribution in [1.29, 1.82) is 0 Å². The molecule has 1 aliphatic rings. The molecule has 0 aliphatic carbocycles. The second kappa shape index (κ2) is 8.14. The number of thiophene rings is 1. The molecule has 1 unspecified atom stereocenters. The van der Waals surface area contributed by atoms with Crippen molar-refractivity contribution in [2.75, 3.05) is 33.2 Å². The zero-order valence-corrected chi connectivity index (χ0v) is 13.2. The number of nitrogens with one attached hydrogen (secondary N) is 2. The molecule has 1 aromatic rings. The Morgan fingerprint density at radius 1 is 1.52 bits per heavy atom. The molecule has 6 heteroatoms. The summed E-state index contributed by atoms with van der Waals surface area (Å²) in [4.78, 5) is 26.0. The first-order valence-corrected chi connectivity index (χ1v) is 8.31. The molecule has 1 saturated heterocycles. The van der Waals surface area contributed by atoms with Gasteiger partial charge in [-0.2, -0.15) is 0 Å². The summed E-state index contributed by atoms with van der Waals surface area (Å²) in [5.74, 6) is 0.465. The molecule has 2 N–H and O–H groups in total. The van der Waals surface area contributed by atoms with E-state index in [0.717, 1.165) is 19.5 Å². The third-order valence-electron chi connectivity index (χ3n) is 3.73. The van der Waals surface area contributed by atoms with E-state index in [1.807, 2.05) is 11.4 Å². The number of carbonyl (C=O) groups excluding carboxylic acids is 2. The van der Waals surface area contributed by atoms with Gasteiger partial charge in [0.15, 0.2) is 0 Å². The largest absolute Gasteiger partial charge is 0.355 e. The normalized spacial score (nSPS) is 18.2. The van der Waals surface area contributed by atoms with E-state index in [1.54, 1.807) is 13.1 Å². The second-order valence-electron chi connectivity index (χ2n) is 5.49. The molecule has 0 bridgehead atoms. The van der Waals surface area contributed by atoms with Crippen molar-refractivity contribution in [3.63, 3.8) is 0 Å². The maximum atomic E-state index is 12.0. The minimum Gasteiger partial charge on any atom is -0.355 e. The Kier molecular flexibility index (Phi) is 6.20.